The van der Waals surface area contributed by atoms with E-state index in [1.54, 1.807) is 6.20 Å². The fourth-order valence-electron chi connectivity index (χ4n) is 1.75. The molecule has 1 fully saturated rings. The molecule has 0 aromatic heterocycles. The number of rotatable bonds is 7. The van der Waals surface area contributed by atoms with E-state index in [9.17, 15) is 4.79 Å². The largest absolute Gasteiger partial charge is 0.382 e. The van der Waals surface area contributed by atoms with Gasteiger partial charge in [0.15, 0.2) is 0 Å². The van der Waals surface area contributed by atoms with Gasteiger partial charge >= 0.3 is 0 Å². The molecular formula is C13H22N4O2. The van der Waals surface area contributed by atoms with Crippen molar-refractivity contribution < 1.29 is 9.53 Å². The van der Waals surface area contributed by atoms with Crippen molar-refractivity contribution in [1.29, 1.82) is 5.26 Å². The van der Waals surface area contributed by atoms with Crippen LogP contribution in [0.15, 0.2) is 11.8 Å². The molecule has 1 rings (SSSR count). The molecule has 0 aromatic rings. The van der Waals surface area contributed by atoms with E-state index in [0.717, 1.165) is 32.6 Å². The molecule has 1 amide bonds. The molecule has 1 saturated heterocycles. The summed E-state index contributed by atoms with van der Waals surface area (Å²) in [7, 11) is 0. The summed E-state index contributed by atoms with van der Waals surface area (Å²) in [5.41, 5.74) is 0.165. The van der Waals surface area contributed by atoms with Gasteiger partial charge in [-0.3, -0.25) is 4.79 Å². The number of carbonyl (C=O) groups is 1. The van der Waals surface area contributed by atoms with Gasteiger partial charge in [-0.15, -0.1) is 0 Å². The Morgan fingerprint density at radius 3 is 2.89 bits per heavy atom. The number of nitrogens with one attached hydrogen (secondary N) is 2. The van der Waals surface area contributed by atoms with E-state index in [-0.39, 0.29) is 11.5 Å². The Labute approximate surface area is 114 Å². The molecule has 0 spiro atoms. The lowest BCUT2D eigenvalue weighted by Crippen LogP contribution is -2.41. The van der Waals surface area contributed by atoms with Crippen LogP contribution in [-0.4, -0.2) is 56.7 Å². The first-order valence-electron chi connectivity index (χ1n) is 6.70. The number of nitrogens with zero attached hydrogens (tertiary/aromatic N) is 2. The molecule has 2 N–H and O–H groups in total. The molecule has 106 valence electrons. The third-order valence-electron chi connectivity index (χ3n) is 2.78. The van der Waals surface area contributed by atoms with Gasteiger partial charge in [0.2, 0.25) is 0 Å². The maximum absolute atomic E-state index is 11.8. The lowest BCUT2D eigenvalue weighted by molar-refractivity contribution is -0.117. The molecule has 6 heteroatoms. The average Bonchev–Trinajstić information content (AvgIpc) is 2.45. The smallest absolute Gasteiger partial charge is 0.263 e. The molecule has 0 aromatic carbocycles. The number of piperazine rings is 1. The molecule has 0 aliphatic carbocycles. The molecular weight excluding hydrogens is 244 g/mol. The summed E-state index contributed by atoms with van der Waals surface area (Å²) in [4.78, 5) is 13.8. The van der Waals surface area contributed by atoms with Crippen LogP contribution in [0.25, 0.3) is 0 Å². The molecule has 0 unspecified atom stereocenters. The first kappa shape index (κ1) is 15.5. The first-order valence-corrected chi connectivity index (χ1v) is 6.70. The maximum Gasteiger partial charge on any atom is 0.263 e. The second kappa shape index (κ2) is 9.36. The lowest BCUT2D eigenvalue weighted by Gasteiger charge is -2.26. The van der Waals surface area contributed by atoms with Crippen LogP contribution in [-0.2, 0) is 9.53 Å². The van der Waals surface area contributed by atoms with Crippen LogP contribution >= 0.6 is 0 Å². The molecule has 0 bridgehead atoms. The van der Waals surface area contributed by atoms with E-state index in [4.69, 9.17) is 10.00 Å². The minimum absolute atomic E-state index is 0.165. The summed E-state index contributed by atoms with van der Waals surface area (Å²) in [5.74, 6) is -0.308. The quantitative estimate of drug-likeness (QED) is 0.380. The van der Waals surface area contributed by atoms with Gasteiger partial charge in [-0.1, -0.05) is 0 Å². The second-order valence-electron chi connectivity index (χ2n) is 4.25. The van der Waals surface area contributed by atoms with Gasteiger partial charge in [-0.2, -0.15) is 5.26 Å². The highest BCUT2D eigenvalue weighted by Crippen LogP contribution is 2.00. The monoisotopic (exact) mass is 266 g/mol. The number of hydrogen-bond acceptors (Lipinski definition) is 5. The highest BCUT2D eigenvalue weighted by atomic mass is 16.5. The van der Waals surface area contributed by atoms with Crippen molar-refractivity contribution in [2.24, 2.45) is 0 Å². The van der Waals surface area contributed by atoms with Crippen molar-refractivity contribution in [3.63, 3.8) is 0 Å². The van der Waals surface area contributed by atoms with E-state index >= 15 is 0 Å². The zero-order chi connectivity index (χ0) is 13.9. The van der Waals surface area contributed by atoms with Crippen molar-refractivity contribution in [2.75, 3.05) is 45.9 Å². The van der Waals surface area contributed by atoms with Crippen LogP contribution < -0.4 is 10.6 Å². The second-order valence-corrected chi connectivity index (χ2v) is 4.25. The SMILES string of the molecule is CCOCCCNC(=O)/C(C#N)=C\N1CCNCC1. The molecule has 0 radical (unpaired) electrons. The summed E-state index contributed by atoms with van der Waals surface area (Å²) >= 11 is 0. The lowest BCUT2D eigenvalue weighted by atomic mass is 10.2. The predicted molar refractivity (Wildman–Crippen MR) is 72.3 cm³/mol. The van der Waals surface area contributed by atoms with Crippen molar-refractivity contribution in [3.8, 4) is 6.07 Å². The summed E-state index contributed by atoms with van der Waals surface area (Å²) < 4.78 is 5.18. The number of ether oxygens (including phenoxy) is 1. The summed E-state index contributed by atoms with van der Waals surface area (Å²) in [5, 5.41) is 15.0. The molecule has 0 saturated carbocycles. The number of nitriles is 1. The van der Waals surface area contributed by atoms with Crippen molar-refractivity contribution in [3.05, 3.63) is 11.8 Å². The summed E-state index contributed by atoms with van der Waals surface area (Å²) in [6, 6.07) is 1.96. The molecule has 1 aliphatic rings. The Morgan fingerprint density at radius 2 is 2.26 bits per heavy atom. The minimum atomic E-state index is -0.308. The van der Waals surface area contributed by atoms with Gasteiger partial charge in [0.05, 0.1) is 0 Å². The third-order valence-corrected chi connectivity index (χ3v) is 2.78. The van der Waals surface area contributed by atoms with Gasteiger partial charge in [0.1, 0.15) is 11.6 Å². The van der Waals surface area contributed by atoms with Crippen LogP contribution in [0.5, 0.6) is 0 Å². The predicted octanol–water partition coefficient (Wildman–Crippen LogP) is -0.158. The highest BCUT2D eigenvalue weighted by Gasteiger charge is 2.12. The Morgan fingerprint density at radius 1 is 1.53 bits per heavy atom. The summed E-state index contributed by atoms with van der Waals surface area (Å²) in [6.45, 7) is 7.17. The van der Waals surface area contributed by atoms with Crippen molar-refractivity contribution in [2.45, 2.75) is 13.3 Å². The van der Waals surface area contributed by atoms with Crippen LogP contribution in [0.3, 0.4) is 0 Å². The van der Waals surface area contributed by atoms with E-state index in [1.165, 1.54) is 0 Å². The number of amides is 1. The first-order chi connectivity index (χ1) is 9.27. The maximum atomic E-state index is 11.8. The standard InChI is InChI=1S/C13H22N4O2/c1-2-19-9-3-4-16-13(18)12(10-14)11-17-7-5-15-6-8-17/h11,15H,2-9H2,1H3,(H,16,18)/b12-11-. The van der Waals surface area contributed by atoms with Gasteiger partial charge in [-0.25, -0.2) is 0 Å². The fraction of sp³-hybridized carbons (Fsp3) is 0.692. The Hall–Kier alpha value is -1.58. The zero-order valence-electron chi connectivity index (χ0n) is 11.4. The molecule has 1 aliphatic heterocycles. The number of carbonyl (C=O) groups excluding carboxylic acids is 1. The third kappa shape index (κ3) is 6.22. The van der Waals surface area contributed by atoms with E-state index in [2.05, 4.69) is 10.6 Å². The van der Waals surface area contributed by atoms with Gasteiger partial charge in [-0.05, 0) is 13.3 Å². The molecule has 0 atom stereocenters. The van der Waals surface area contributed by atoms with Gasteiger partial charge in [0.25, 0.3) is 5.91 Å². The highest BCUT2D eigenvalue weighted by molar-refractivity contribution is 5.97. The minimum Gasteiger partial charge on any atom is -0.382 e. The molecule has 1 heterocycles. The van der Waals surface area contributed by atoms with Gasteiger partial charge < -0.3 is 20.3 Å². The average molecular weight is 266 g/mol. The zero-order valence-corrected chi connectivity index (χ0v) is 11.4. The van der Waals surface area contributed by atoms with Crippen molar-refractivity contribution in [1.82, 2.24) is 15.5 Å². The number of hydrogen-bond donors (Lipinski definition) is 2. The molecule has 19 heavy (non-hydrogen) atoms. The Balaban J connectivity index is 2.34. The van der Waals surface area contributed by atoms with E-state index in [1.807, 2.05) is 17.9 Å². The van der Waals surface area contributed by atoms with Crippen molar-refractivity contribution >= 4 is 5.91 Å². The van der Waals surface area contributed by atoms with Crippen LogP contribution in [0.2, 0.25) is 0 Å². The topological polar surface area (TPSA) is 77.4 Å². The fourth-order valence-corrected chi connectivity index (χ4v) is 1.75. The van der Waals surface area contributed by atoms with E-state index < -0.39 is 0 Å². The normalized spacial score (nSPS) is 16.0. The van der Waals surface area contributed by atoms with E-state index in [0.29, 0.717) is 19.8 Å². The van der Waals surface area contributed by atoms with Crippen LogP contribution in [0, 0.1) is 11.3 Å². The van der Waals surface area contributed by atoms with Crippen LogP contribution in [0.4, 0.5) is 0 Å². The Bertz CT molecular complexity index is 343. The van der Waals surface area contributed by atoms with Crippen LogP contribution in [0.1, 0.15) is 13.3 Å². The molecule has 6 nitrogen and oxygen atoms in total. The summed E-state index contributed by atoms with van der Waals surface area (Å²) in [6.07, 6.45) is 2.41. The Kier molecular flexibility index (Phi) is 7.63. The van der Waals surface area contributed by atoms with Gasteiger partial charge in [0, 0.05) is 52.1 Å².